The van der Waals surface area contributed by atoms with Crippen molar-refractivity contribution in [3.63, 3.8) is 0 Å². The molecule has 0 unspecified atom stereocenters. The molecule has 98 valence electrons. The number of fused-ring (bicyclic) bond motifs is 3. The minimum atomic E-state index is 0.476. The van der Waals surface area contributed by atoms with Gasteiger partial charge in [0.1, 0.15) is 0 Å². The van der Waals surface area contributed by atoms with Crippen molar-refractivity contribution < 1.29 is 0 Å². The SMILES string of the molecule is Cc1ccc2c(c1)c1cc(C)cc(C)c1n2C(C)C. The molecule has 0 fully saturated rings. The molecular formula is C18H21N. The van der Waals surface area contributed by atoms with Gasteiger partial charge in [0.05, 0.1) is 5.52 Å². The van der Waals surface area contributed by atoms with Gasteiger partial charge in [0.25, 0.3) is 0 Å². The molecule has 0 aliphatic rings. The highest BCUT2D eigenvalue weighted by atomic mass is 15.0. The number of hydrogen-bond donors (Lipinski definition) is 0. The largest absolute Gasteiger partial charge is 0.338 e. The van der Waals surface area contributed by atoms with Crippen LogP contribution < -0.4 is 0 Å². The van der Waals surface area contributed by atoms with Gasteiger partial charge in [-0.25, -0.2) is 0 Å². The third-order valence-electron chi connectivity index (χ3n) is 3.90. The van der Waals surface area contributed by atoms with Crippen molar-refractivity contribution in [2.45, 2.75) is 40.7 Å². The molecule has 19 heavy (non-hydrogen) atoms. The van der Waals surface area contributed by atoms with E-state index in [1.807, 2.05) is 0 Å². The third kappa shape index (κ3) is 1.76. The number of hydrogen-bond acceptors (Lipinski definition) is 0. The van der Waals surface area contributed by atoms with E-state index in [1.54, 1.807) is 0 Å². The summed E-state index contributed by atoms with van der Waals surface area (Å²) in [7, 11) is 0. The minimum Gasteiger partial charge on any atom is -0.338 e. The molecule has 0 spiro atoms. The van der Waals surface area contributed by atoms with Gasteiger partial charge in [-0.05, 0) is 58.4 Å². The standard InChI is InChI=1S/C18H21N/c1-11(2)19-17-7-6-12(3)9-15(17)16-10-13(4)8-14(5)18(16)19/h6-11H,1-5H3. The Bertz CT molecular complexity index is 775. The van der Waals surface area contributed by atoms with E-state index in [1.165, 1.54) is 38.5 Å². The van der Waals surface area contributed by atoms with Crippen molar-refractivity contribution in [3.8, 4) is 0 Å². The Morgan fingerprint density at radius 1 is 0.842 bits per heavy atom. The van der Waals surface area contributed by atoms with Crippen LogP contribution in [0.25, 0.3) is 21.8 Å². The summed E-state index contributed by atoms with van der Waals surface area (Å²) in [5.74, 6) is 0. The van der Waals surface area contributed by atoms with E-state index < -0.39 is 0 Å². The molecule has 0 atom stereocenters. The lowest BCUT2D eigenvalue weighted by atomic mass is 10.1. The maximum absolute atomic E-state index is 2.47. The zero-order valence-electron chi connectivity index (χ0n) is 12.4. The molecule has 0 bridgehead atoms. The summed E-state index contributed by atoms with van der Waals surface area (Å²) in [6.07, 6.45) is 0. The molecule has 1 heteroatoms. The Hall–Kier alpha value is -1.76. The van der Waals surface area contributed by atoms with Gasteiger partial charge in [0.2, 0.25) is 0 Å². The first-order chi connectivity index (χ1) is 8.99. The van der Waals surface area contributed by atoms with E-state index in [9.17, 15) is 0 Å². The topological polar surface area (TPSA) is 4.93 Å². The van der Waals surface area contributed by atoms with Crippen LogP contribution in [-0.4, -0.2) is 4.57 Å². The lowest BCUT2D eigenvalue weighted by molar-refractivity contribution is 0.641. The van der Waals surface area contributed by atoms with Crippen LogP contribution >= 0.6 is 0 Å². The summed E-state index contributed by atoms with van der Waals surface area (Å²) in [4.78, 5) is 0. The molecule has 0 amide bonds. The summed E-state index contributed by atoms with van der Waals surface area (Å²) >= 11 is 0. The van der Waals surface area contributed by atoms with Crippen LogP contribution in [-0.2, 0) is 0 Å². The van der Waals surface area contributed by atoms with Crippen molar-refractivity contribution in [3.05, 3.63) is 47.0 Å². The van der Waals surface area contributed by atoms with Gasteiger partial charge in [-0.1, -0.05) is 23.3 Å². The second-order valence-corrected chi connectivity index (χ2v) is 5.96. The normalized spacial score (nSPS) is 11.9. The highest BCUT2D eigenvalue weighted by molar-refractivity contribution is 6.09. The Morgan fingerprint density at radius 2 is 1.53 bits per heavy atom. The van der Waals surface area contributed by atoms with Crippen LogP contribution in [0.4, 0.5) is 0 Å². The van der Waals surface area contributed by atoms with Crippen molar-refractivity contribution in [2.24, 2.45) is 0 Å². The van der Waals surface area contributed by atoms with E-state index >= 15 is 0 Å². The Balaban J connectivity index is 2.62. The van der Waals surface area contributed by atoms with Crippen molar-refractivity contribution in [2.75, 3.05) is 0 Å². The van der Waals surface area contributed by atoms with E-state index in [2.05, 4.69) is 69.5 Å². The monoisotopic (exact) mass is 251 g/mol. The van der Waals surface area contributed by atoms with Crippen LogP contribution in [0, 0.1) is 20.8 Å². The molecule has 3 aromatic rings. The smallest absolute Gasteiger partial charge is 0.0523 e. The summed E-state index contributed by atoms with van der Waals surface area (Å²) in [5, 5.41) is 2.78. The molecule has 0 radical (unpaired) electrons. The minimum absolute atomic E-state index is 0.476. The van der Waals surface area contributed by atoms with Gasteiger partial charge in [-0.15, -0.1) is 0 Å². The van der Waals surface area contributed by atoms with Crippen LogP contribution in [0.2, 0.25) is 0 Å². The predicted molar refractivity (Wildman–Crippen MR) is 84.0 cm³/mol. The number of nitrogens with zero attached hydrogens (tertiary/aromatic N) is 1. The Labute approximate surface area is 114 Å². The van der Waals surface area contributed by atoms with Crippen LogP contribution in [0.3, 0.4) is 0 Å². The van der Waals surface area contributed by atoms with Crippen LogP contribution in [0.5, 0.6) is 0 Å². The summed E-state index contributed by atoms with van der Waals surface area (Å²) in [6, 6.07) is 11.9. The molecule has 0 aliphatic carbocycles. The molecular weight excluding hydrogens is 230 g/mol. The average Bonchev–Trinajstić information content (AvgIpc) is 2.63. The molecule has 0 aliphatic heterocycles. The zero-order chi connectivity index (χ0) is 13.7. The maximum Gasteiger partial charge on any atom is 0.0523 e. The maximum atomic E-state index is 2.47. The van der Waals surface area contributed by atoms with Gasteiger partial charge >= 0.3 is 0 Å². The van der Waals surface area contributed by atoms with E-state index in [0.717, 1.165) is 0 Å². The first kappa shape index (κ1) is 12.3. The van der Waals surface area contributed by atoms with Gasteiger partial charge in [0.15, 0.2) is 0 Å². The number of benzene rings is 2. The molecule has 1 aromatic heterocycles. The first-order valence-corrected chi connectivity index (χ1v) is 7.00. The van der Waals surface area contributed by atoms with Gasteiger partial charge < -0.3 is 4.57 Å². The molecule has 3 rings (SSSR count). The second kappa shape index (κ2) is 4.12. The summed E-state index contributed by atoms with van der Waals surface area (Å²) in [6.45, 7) is 11.1. The number of rotatable bonds is 1. The molecule has 1 heterocycles. The van der Waals surface area contributed by atoms with Gasteiger partial charge in [0, 0.05) is 22.3 Å². The number of aromatic nitrogens is 1. The lowest BCUT2D eigenvalue weighted by Gasteiger charge is -2.13. The summed E-state index contributed by atoms with van der Waals surface area (Å²) in [5.41, 5.74) is 6.78. The van der Waals surface area contributed by atoms with Crippen molar-refractivity contribution in [1.82, 2.24) is 4.57 Å². The molecule has 0 saturated heterocycles. The van der Waals surface area contributed by atoms with Crippen molar-refractivity contribution >= 4 is 21.8 Å². The quantitative estimate of drug-likeness (QED) is 0.553. The lowest BCUT2D eigenvalue weighted by Crippen LogP contribution is -2.01. The van der Waals surface area contributed by atoms with Crippen LogP contribution in [0.1, 0.15) is 36.6 Å². The van der Waals surface area contributed by atoms with Crippen LogP contribution in [0.15, 0.2) is 30.3 Å². The molecule has 2 aromatic carbocycles. The highest BCUT2D eigenvalue weighted by Crippen LogP contribution is 2.34. The van der Waals surface area contributed by atoms with Gasteiger partial charge in [-0.3, -0.25) is 0 Å². The Kier molecular flexibility index (Phi) is 2.67. The molecule has 1 nitrogen and oxygen atoms in total. The third-order valence-corrected chi connectivity index (χ3v) is 3.90. The Morgan fingerprint density at radius 3 is 2.21 bits per heavy atom. The second-order valence-electron chi connectivity index (χ2n) is 5.96. The number of aryl methyl sites for hydroxylation is 3. The summed E-state index contributed by atoms with van der Waals surface area (Å²) < 4.78 is 2.47. The predicted octanol–water partition coefficient (Wildman–Crippen LogP) is 5.30. The highest BCUT2D eigenvalue weighted by Gasteiger charge is 2.14. The van der Waals surface area contributed by atoms with E-state index in [0.29, 0.717) is 6.04 Å². The fraction of sp³-hybridized carbons (Fsp3) is 0.333. The van der Waals surface area contributed by atoms with Gasteiger partial charge in [-0.2, -0.15) is 0 Å². The average molecular weight is 251 g/mol. The zero-order valence-corrected chi connectivity index (χ0v) is 12.4. The van der Waals surface area contributed by atoms with E-state index in [4.69, 9.17) is 0 Å². The first-order valence-electron chi connectivity index (χ1n) is 7.00. The fourth-order valence-corrected chi connectivity index (χ4v) is 3.22. The van der Waals surface area contributed by atoms with E-state index in [-0.39, 0.29) is 0 Å². The molecule has 0 N–H and O–H groups in total. The fourth-order valence-electron chi connectivity index (χ4n) is 3.22. The molecule has 0 saturated carbocycles. The van der Waals surface area contributed by atoms with Crippen molar-refractivity contribution in [1.29, 1.82) is 0 Å².